The van der Waals surface area contributed by atoms with E-state index in [1.165, 1.54) is 25.6 Å². The third kappa shape index (κ3) is 1.85. The summed E-state index contributed by atoms with van der Waals surface area (Å²) in [6.45, 7) is 2.06. The number of hydrogen-bond acceptors (Lipinski definition) is 5. The molecule has 1 aromatic heterocycles. The lowest BCUT2D eigenvalue weighted by Crippen LogP contribution is -2.31. The molecule has 2 rings (SSSR count). The lowest BCUT2D eigenvalue weighted by molar-refractivity contribution is 0.567. The van der Waals surface area contributed by atoms with Gasteiger partial charge in [0.1, 0.15) is 6.33 Å². The highest BCUT2D eigenvalue weighted by Crippen LogP contribution is 2.14. The molecule has 1 aliphatic heterocycles. The number of nitrogens with zero attached hydrogens (tertiary/aromatic N) is 4. The molecule has 2 heterocycles. The van der Waals surface area contributed by atoms with Crippen molar-refractivity contribution >= 4 is 11.9 Å². The second-order valence-electron chi connectivity index (χ2n) is 3.19. The van der Waals surface area contributed by atoms with Crippen LogP contribution in [0.2, 0.25) is 0 Å². The van der Waals surface area contributed by atoms with Crippen molar-refractivity contribution in [1.29, 1.82) is 0 Å². The molecule has 1 aromatic rings. The van der Waals surface area contributed by atoms with Crippen molar-refractivity contribution in [2.24, 2.45) is 0 Å². The molecule has 0 aromatic carbocycles. The van der Waals surface area contributed by atoms with Crippen molar-refractivity contribution in [2.75, 3.05) is 23.7 Å². The van der Waals surface area contributed by atoms with Crippen molar-refractivity contribution < 1.29 is 0 Å². The van der Waals surface area contributed by atoms with Crippen LogP contribution >= 0.6 is 0 Å². The average Bonchev–Trinajstić information content (AvgIpc) is 2.19. The standard InChI is InChI=1S/C8H13N5/c9-7-10-6-11-8(12-7)13-4-2-1-3-5-13/h6H,1-5H2,(H2,9,10,11,12). The monoisotopic (exact) mass is 179 g/mol. The minimum Gasteiger partial charge on any atom is -0.368 e. The van der Waals surface area contributed by atoms with Gasteiger partial charge in [0, 0.05) is 13.1 Å². The molecule has 0 spiro atoms. The highest BCUT2D eigenvalue weighted by atomic mass is 15.3. The lowest BCUT2D eigenvalue weighted by Gasteiger charge is -2.26. The molecule has 1 saturated heterocycles. The fraction of sp³-hybridized carbons (Fsp3) is 0.625. The van der Waals surface area contributed by atoms with Crippen LogP contribution in [0.4, 0.5) is 11.9 Å². The molecule has 1 aliphatic rings. The summed E-state index contributed by atoms with van der Waals surface area (Å²) in [5, 5.41) is 0. The zero-order chi connectivity index (χ0) is 9.10. The molecule has 2 N–H and O–H groups in total. The van der Waals surface area contributed by atoms with Gasteiger partial charge >= 0.3 is 0 Å². The van der Waals surface area contributed by atoms with Crippen LogP contribution in [0.1, 0.15) is 19.3 Å². The number of piperidine rings is 1. The van der Waals surface area contributed by atoms with Crippen LogP contribution in [0.5, 0.6) is 0 Å². The fourth-order valence-electron chi connectivity index (χ4n) is 1.55. The highest BCUT2D eigenvalue weighted by molar-refractivity contribution is 5.33. The molecular weight excluding hydrogens is 166 g/mol. The van der Waals surface area contributed by atoms with Gasteiger partial charge in [-0.1, -0.05) is 0 Å². The van der Waals surface area contributed by atoms with Crippen molar-refractivity contribution in [3.63, 3.8) is 0 Å². The first-order chi connectivity index (χ1) is 6.36. The molecule has 1 fully saturated rings. The van der Waals surface area contributed by atoms with Crippen LogP contribution < -0.4 is 10.6 Å². The van der Waals surface area contributed by atoms with Crippen LogP contribution in [0, 0.1) is 0 Å². The van der Waals surface area contributed by atoms with E-state index in [4.69, 9.17) is 5.73 Å². The van der Waals surface area contributed by atoms with Crippen LogP contribution in [0.3, 0.4) is 0 Å². The molecule has 5 heteroatoms. The smallest absolute Gasteiger partial charge is 0.230 e. The summed E-state index contributed by atoms with van der Waals surface area (Å²) in [7, 11) is 0. The van der Waals surface area contributed by atoms with Crippen molar-refractivity contribution in [3.05, 3.63) is 6.33 Å². The summed E-state index contributed by atoms with van der Waals surface area (Å²) in [6.07, 6.45) is 5.19. The van der Waals surface area contributed by atoms with Crippen LogP contribution in [-0.2, 0) is 0 Å². The largest absolute Gasteiger partial charge is 0.368 e. The van der Waals surface area contributed by atoms with E-state index in [1.54, 1.807) is 0 Å². The molecule has 0 aliphatic carbocycles. The molecule has 0 radical (unpaired) electrons. The van der Waals surface area contributed by atoms with Crippen LogP contribution in [-0.4, -0.2) is 28.0 Å². The summed E-state index contributed by atoms with van der Waals surface area (Å²) in [5.74, 6) is 1.02. The van der Waals surface area contributed by atoms with Gasteiger partial charge in [-0.25, -0.2) is 9.97 Å². The van der Waals surface area contributed by atoms with E-state index in [-0.39, 0.29) is 0 Å². The quantitative estimate of drug-likeness (QED) is 0.677. The van der Waals surface area contributed by atoms with E-state index in [0.717, 1.165) is 13.1 Å². The Balaban J connectivity index is 2.14. The Hall–Kier alpha value is -1.39. The van der Waals surface area contributed by atoms with E-state index in [0.29, 0.717) is 11.9 Å². The number of aromatic nitrogens is 3. The van der Waals surface area contributed by atoms with Gasteiger partial charge in [0.15, 0.2) is 0 Å². The van der Waals surface area contributed by atoms with E-state index < -0.39 is 0 Å². The van der Waals surface area contributed by atoms with Crippen molar-refractivity contribution in [2.45, 2.75) is 19.3 Å². The van der Waals surface area contributed by atoms with E-state index >= 15 is 0 Å². The first-order valence-corrected chi connectivity index (χ1v) is 4.56. The number of nitrogen functional groups attached to an aromatic ring is 1. The minimum atomic E-state index is 0.301. The number of rotatable bonds is 1. The third-order valence-corrected chi connectivity index (χ3v) is 2.22. The molecule has 0 amide bonds. The van der Waals surface area contributed by atoms with Gasteiger partial charge in [-0.15, -0.1) is 0 Å². The second kappa shape index (κ2) is 3.55. The number of nitrogens with two attached hydrogens (primary N) is 1. The van der Waals surface area contributed by atoms with Gasteiger partial charge in [-0.3, -0.25) is 0 Å². The molecule has 5 nitrogen and oxygen atoms in total. The first kappa shape index (κ1) is 8.22. The summed E-state index contributed by atoms with van der Waals surface area (Å²) >= 11 is 0. The van der Waals surface area contributed by atoms with Gasteiger partial charge in [-0.2, -0.15) is 4.98 Å². The SMILES string of the molecule is Nc1ncnc(N2CCCCC2)n1. The van der Waals surface area contributed by atoms with Gasteiger partial charge in [-0.05, 0) is 19.3 Å². The molecule has 13 heavy (non-hydrogen) atoms. The van der Waals surface area contributed by atoms with E-state index in [2.05, 4.69) is 19.9 Å². The van der Waals surface area contributed by atoms with Gasteiger partial charge in [0.25, 0.3) is 0 Å². The lowest BCUT2D eigenvalue weighted by atomic mass is 10.1. The maximum atomic E-state index is 5.48. The molecule has 0 atom stereocenters. The zero-order valence-electron chi connectivity index (χ0n) is 7.48. The maximum Gasteiger partial charge on any atom is 0.230 e. The Bertz CT molecular complexity index is 282. The Morgan fingerprint density at radius 1 is 1.15 bits per heavy atom. The summed E-state index contributed by atoms with van der Waals surface area (Å²) in [6, 6.07) is 0. The highest BCUT2D eigenvalue weighted by Gasteiger charge is 2.13. The van der Waals surface area contributed by atoms with Gasteiger partial charge in [0.05, 0.1) is 0 Å². The number of anilines is 2. The van der Waals surface area contributed by atoms with Crippen molar-refractivity contribution in [1.82, 2.24) is 15.0 Å². The first-order valence-electron chi connectivity index (χ1n) is 4.56. The Morgan fingerprint density at radius 3 is 2.62 bits per heavy atom. The molecule has 70 valence electrons. The average molecular weight is 179 g/mol. The molecule has 0 bridgehead atoms. The van der Waals surface area contributed by atoms with Crippen LogP contribution in [0.25, 0.3) is 0 Å². The summed E-state index contributed by atoms with van der Waals surface area (Å²) in [4.78, 5) is 14.1. The third-order valence-electron chi connectivity index (χ3n) is 2.22. The Kier molecular flexibility index (Phi) is 2.25. The van der Waals surface area contributed by atoms with E-state index in [9.17, 15) is 0 Å². The minimum absolute atomic E-state index is 0.301. The predicted molar refractivity (Wildman–Crippen MR) is 50.3 cm³/mol. The normalized spacial score (nSPS) is 17.4. The predicted octanol–water partition coefficient (Wildman–Crippen LogP) is 0.444. The zero-order valence-corrected chi connectivity index (χ0v) is 7.48. The molecule has 0 unspecified atom stereocenters. The van der Waals surface area contributed by atoms with Crippen LogP contribution in [0.15, 0.2) is 6.33 Å². The maximum absolute atomic E-state index is 5.48. The van der Waals surface area contributed by atoms with E-state index in [1.807, 2.05) is 0 Å². The Morgan fingerprint density at radius 2 is 1.92 bits per heavy atom. The van der Waals surface area contributed by atoms with Gasteiger partial charge in [0.2, 0.25) is 11.9 Å². The van der Waals surface area contributed by atoms with Gasteiger partial charge < -0.3 is 10.6 Å². The summed E-state index contributed by atoms with van der Waals surface area (Å²) < 4.78 is 0. The molecular formula is C8H13N5. The summed E-state index contributed by atoms with van der Waals surface area (Å²) in [5.41, 5.74) is 5.48. The fourth-order valence-corrected chi connectivity index (χ4v) is 1.55. The Labute approximate surface area is 77.0 Å². The molecule has 0 saturated carbocycles. The topological polar surface area (TPSA) is 67.9 Å². The number of hydrogen-bond donors (Lipinski definition) is 1. The second-order valence-corrected chi connectivity index (χ2v) is 3.19. The van der Waals surface area contributed by atoms with Crippen molar-refractivity contribution in [3.8, 4) is 0 Å².